The number of hydrogen-bond donors (Lipinski definition) is 2. The van der Waals surface area contributed by atoms with Gasteiger partial charge < -0.3 is 5.32 Å². The van der Waals surface area contributed by atoms with Crippen LogP contribution >= 0.6 is 15.9 Å². The molecule has 1 fully saturated rings. The van der Waals surface area contributed by atoms with Crippen LogP contribution in [0.25, 0.3) is 0 Å². The molecule has 0 radical (unpaired) electrons. The number of likely N-dealkylation sites (N-methyl/N-ethyl adjacent to an activating group) is 1. The molecule has 1 aromatic carbocycles. The van der Waals surface area contributed by atoms with E-state index >= 15 is 0 Å². The number of benzene rings is 1. The molecule has 1 amide bonds. The average molecular weight is 432 g/mol. The van der Waals surface area contributed by atoms with Crippen molar-refractivity contribution in [1.82, 2.24) is 14.9 Å². The third-order valence-corrected chi connectivity index (χ3v) is 6.42. The van der Waals surface area contributed by atoms with Crippen LogP contribution in [0, 0.1) is 0 Å². The Bertz CT molecular complexity index is 718. The summed E-state index contributed by atoms with van der Waals surface area (Å²) >= 11 is 3.33. The minimum atomic E-state index is -3.58. The zero-order valence-corrected chi connectivity index (χ0v) is 17.3. The molecule has 0 saturated heterocycles. The molecule has 1 aliphatic rings. The van der Waals surface area contributed by atoms with E-state index in [1.165, 1.54) is 12.1 Å². The molecule has 2 rings (SSSR count). The highest BCUT2D eigenvalue weighted by Gasteiger charge is 2.28. The molecule has 1 aromatic rings. The fourth-order valence-corrected chi connectivity index (χ4v) is 4.28. The van der Waals surface area contributed by atoms with Gasteiger partial charge in [0.2, 0.25) is 10.0 Å². The predicted octanol–water partition coefficient (Wildman–Crippen LogP) is 2.35. The van der Waals surface area contributed by atoms with E-state index in [4.69, 9.17) is 0 Å². The van der Waals surface area contributed by atoms with E-state index in [0.29, 0.717) is 22.6 Å². The maximum atomic E-state index is 12.4. The molecule has 0 spiro atoms. The van der Waals surface area contributed by atoms with E-state index in [9.17, 15) is 13.2 Å². The van der Waals surface area contributed by atoms with Crippen molar-refractivity contribution in [3.05, 3.63) is 28.2 Å². The van der Waals surface area contributed by atoms with E-state index in [-0.39, 0.29) is 16.8 Å². The number of carbonyl (C=O) groups is 1. The van der Waals surface area contributed by atoms with Gasteiger partial charge in [-0.1, -0.05) is 6.92 Å². The van der Waals surface area contributed by atoms with E-state index in [0.717, 1.165) is 25.9 Å². The van der Waals surface area contributed by atoms with Crippen molar-refractivity contribution >= 4 is 31.9 Å². The SMILES string of the molecule is CCN(CCNC(=O)c1cc(S(=O)(=O)NC2CC2)ccc1Br)C(C)C. The summed E-state index contributed by atoms with van der Waals surface area (Å²) in [5, 5.41) is 2.87. The van der Waals surface area contributed by atoms with Gasteiger partial charge in [0.25, 0.3) is 5.91 Å². The molecule has 8 heteroatoms. The minimum Gasteiger partial charge on any atom is -0.351 e. The topological polar surface area (TPSA) is 78.5 Å². The van der Waals surface area contributed by atoms with E-state index < -0.39 is 10.0 Å². The lowest BCUT2D eigenvalue weighted by Gasteiger charge is -2.24. The maximum absolute atomic E-state index is 12.4. The molecule has 0 aromatic heterocycles. The van der Waals surface area contributed by atoms with E-state index in [1.54, 1.807) is 6.07 Å². The van der Waals surface area contributed by atoms with Crippen molar-refractivity contribution in [2.24, 2.45) is 0 Å². The number of nitrogens with zero attached hydrogens (tertiary/aromatic N) is 1. The molecular weight excluding hydrogens is 406 g/mol. The lowest BCUT2D eigenvalue weighted by Crippen LogP contribution is -2.38. The third-order valence-electron chi connectivity index (χ3n) is 4.21. The molecule has 140 valence electrons. The van der Waals surface area contributed by atoms with Gasteiger partial charge in [-0.3, -0.25) is 9.69 Å². The second-order valence-electron chi connectivity index (χ2n) is 6.52. The fourth-order valence-electron chi connectivity index (χ4n) is 2.52. The molecule has 6 nitrogen and oxygen atoms in total. The van der Waals surface area contributed by atoms with Crippen LogP contribution in [0.4, 0.5) is 0 Å². The Balaban J connectivity index is 2.04. The normalized spacial score (nSPS) is 15.0. The van der Waals surface area contributed by atoms with Gasteiger partial charge in [-0.05, 0) is 67.4 Å². The van der Waals surface area contributed by atoms with Gasteiger partial charge in [-0.15, -0.1) is 0 Å². The lowest BCUT2D eigenvalue weighted by molar-refractivity contribution is 0.0945. The summed E-state index contributed by atoms with van der Waals surface area (Å²) in [6, 6.07) is 4.97. The van der Waals surface area contributed by atoms with Crippen LogP contribution in [0.2, 0.25) is 0 Å². The zero-order valence-electron chi connectivity index (χ0n) is 14.9. The Morgan fingerprint density at radius 3 is 2.60 bits per heavy atom. The second kappa shape index (κ2) is 8.62. The number of carbonyl (C=O) groups excluding carboxylic acids is 1. The highest BCUT2D eigenvalue weighted by Crippen LogP contribution is 2.25. The third kappa shape index (κ3) is 5.77. The highest BCUT2D eigenvalue weighted by atomic mass is 79.9. The van der Waals surface area contributed by atoms with Crippen LogP contribution < -0.4 is 10.0 Å². The molecule has 1 saturated carbocycles. The first kappa shape index (κ1) is 20.4. The summed E-state index contributed by atoms with van der Waals surface area (Å²) < 4.78 is 27.8. The Morgan fingerprint density at radius 2 is 2.04 bits per heavy atom. The molecule has 1 aliphatic carbocycles. The Labute approximate surface area is 158 Å². The van der Waals surface area contributed by atoms with Gasteiger partial charge in [0, 0.05) is 29.6 Å². The second-order valence-corrected chi connectivity index (χ2v) is 9.08. The standard InChI is InChI=1S/C17H26BrN3O3S/c1-4-21(12(2)3)10-9-19-17(22)15-11-14(7-8-16(15)18)25(23,24)20-13-5-6-13/h7-8,11-13,20H,4-6,9-10H2,1-3H3,(H,19,22). The van der Waals surface area contributed by atoms with Gasteiger partial charge in [0.05, 0.1) is 10.5 Å². The van der Waals surface area contributed by atoms with Crippen molar-refractivity contribution in [2.45, 2.75) is 50.6 Å². The van der Waals surface area contributed by atoms with Crippen molar-refractivity contribution in [3.63, 3.8) is 0 Å². The monoisotopic (exact) mass is 431 g/mol. The molecular formula is C17H26BrN3O3S. The van der Waals surface area contributed by atoms with Crippen LogP contribution in [0.15, 0.2) is 27.6 Å². The van der Waals surface area contributed by atoms with Crippen molar-refractivity contribution < 1.29 is 13.2 Å². The van der Waals surface area contributed by atoms with Crippen molar-refractivity contribution in [1.29, 1.82) is 0 Å². The smallest absolute Gasteiger partial charge is 0.252 e. The Kier molecular flexibility index (Phi) is 7.01. The number of sulfonamides is 1. The summed E-state index contributed by atoms with van der Waals surface area (Å²) in [5.41, 5.74) is 0.325. The van der Waals surface area contributed by atoms with Gasteiger partial charge >= 0.3 is 0 Å². The number of amides is 1. The minimum absolute atomic E-state index is 0.0296. The first-order valence-corrected chi connectivity index (χ1v) is 10.9. The average Bonchev–Trinajstić information content (AvgIpc) is 3.34. The number of halogens is 1. The number of nitrogens with one attached hydrogen (secondary N) is 2. The summed E-state index contributed by atoms with van der Waals surface area (Å²) in [7, 11) is -3.58. The molecule has 0 bridgehead atoms. The predicted molar refractivity (Wildman–Crippen MR) is 102 cm³/mol. The Hall–Kier alpha value is -0.960. The zero-order chi connectivity index (χ0) is 18.6. The molecule has 0 atom stereocenters. The van der Waals surface area contributed by atoms with Gasteiger partial charge in [0.15, 0.2) is 0 Å². The number of hydrogen-bond acceptors (Lipinski definition) is 4. The summed E-state index contributed by atoms with van der Waals surface area (Å²) in [4.78, 5) is 14.8. The first-order chi connectivity index (χ1) is 11.7. The van der Waals surface area contributed by atoms with Gasteiger partial charge in [-0.25, -0.2) is 13.1 Å². The highest BCUT2D eigenvalue weighted by molar-refractivity contribution is 9.10. The van der Waals surface area contributed by atoms with E-state index in [2.05, 4.69) is 51.6 Å². The largest absolute Gasteiger partial charge is 0.351 e. The Morgan fingerprint density at radius 1 is 1.36 bits per heavy atom. The summed E-state index contributed by atoms with van der Waals surface area (Å²) in [6.45, 7) is 8.48. The molecule has 25 heavy (non-hydrogen) atoms. The van der Waals surface area contributed by atoms with Gasteiger partial charge in [0.1, 0.15) is 0 Å². The fraction of sp³-hybridized carbons (Fsp3) is 0.588. The quantitative estimate of drug-likeness (QED) is 0.628. The first-order valence-electron chi connectivity index (χ1n) is 8.58. The van der Waals surface area contributed by atoms with Crippen LogP contribution in [-0.2, 0) is 10.0 Å². The van der Waals surface area contributed by atoms with E-state index in [1.807, 2.05) is 0 Å². The van der Waals surface area contributed by atoms with Crippen LogP contribution in [-0.4, -0.2) is 50.9 Å². The summed E-state index contributed by atoms with van der Waals surface area (Å²) in [6.07, 6.45) is 1.74. The molecule has 2 N–H and O–H groups in total. The van der Waals surface area contributed by atoms with Crippen molar-refractivity contribution in [3.8, 4) is 0 Å². The lowest BCUT2D eigenvalue weighted by atomic mass is 10.2. The van der Waals surface area contributed by atoms with Crippen LogP contribution in [0.5, 0.6) is 0 Å². The molecule has 0 heterocycles. The van der Waals surface area contributed by atoms with Crippen molar-refractivity contribution in [2.75, 3.05) is 19.6 Å². The van der Waals surface area contributed by atoms with Crippen LogP contribution in [0.3, 0.4) is 0 Å². The molecule has 0 aliphatic heterocycles. The van der Waals surface area contributed by atoms with Crippen LogP contribution in [0.1, 0.15) is 44.0 Å². The summed E-state index contributed by atoms with van der Waals surface area (Å²) in [5.74, 6) is -0.282. The number of rotatable bonds is 9. The molecule has 0 unspecified atom stereocenters. The maximum Gasteiger partial charge on any atom is 0.252 e. The van der Waals surface area contributed by atoms with Gasteiger partial charge in [-0.2, -0.15) is 0 Å².